The molecular weight excluding hydrogens is 275 g/mol. The largest absolute Gasteiger partial charge is 0.381 e. The van der Waals surface area contributed by atoms with Crippen molar-refractivity contribution in [2.45, 2.75) is 13.1 Å². The van der Waals surface area contributed by atoms with Crippen LogP contribution in [0, 0.1) is 5.82 Å². The van der Waals surface area contributed by atoms with Crippen LogP contribution in [0.15, 0.2) is 42.5 Å². The quantitative estimate of drug-likeness (QED) is 0.890. The maximum atomic E-state index is 13.7. The summed E-state index contributed by atoms with van der Waals surface area (Å²) in [7, 11) is 4.06. The lowest BCUT2D eigenvalue weighted by Crippen LogP contribution is -2.10. The molecule has 2 aromatic carbocycles. The molecule has 0 amide bonds. The molecule has 1 N–H and O–H groups in total. The van der Waals surface area contributed by atoms with Crippen molar-refractivity contribution in [3.63, 3.8) is 0 Å². The van der Waals surface area contributed by atoms with Gasteiger partial charge >= 0.3 is 0 Å². The first-order valence-electron chi connectivity index (χ1n) is 6.46. The van der Waals surface area contributed by atoms with Gasteiger partial charge < -0.3 is 10.2 Å². The number of hydrogen-bond donors (Lipinski definition) is 1. The van der Waals surface area contributed by atoms with Crippen molar-refractivity contribution in [3.05, 3.63) is 64.4 Å². The Kier molecular flexibility index (Phi) is 4.99. The summed E-state index contributed by atoms with van der Waals surface area (Å²) in [6.45, 7) is 1.32. The second-order valence-corrected chi connectivity index (χ2v) is 5.46. The first kappa shape index (κ1) is 14.8. The molecular formula is C16H18ClFN2. The molecule has 0 unspecified atom stereocenters. The number of halogens is 2. The third kappa shape index (κ3) is 4.22. The van der Waals surface area contributed by atoms with Crippen LogP contribution in [0.4, 0.5) is 10.1 Å². The smallest absolute Gasteiger partial charge is 0.129 e. The average molecular weight is 293 g/mol. The summed E-state index contributed by atoms with van der Waals surface area (Å²) in [4.78, 5) is 2.11. The van der Waals surface area contributed by atoms with Crippen LogP contribution in [0.1, 0.15) is 11.1 Å². The standard InChI is InChI=1S/C16H18ClFN2/c1-20(2)11-12-4-3-5-15(8-12)19-10-13-6-7-14(17)9-16(13)18/h3-9,19H,10-11H2,1-2H3. The van der Waals surface area contributed by atoms with Gasteiger partial charge in [0.05, 0.1) is 0 Å². The van der Waals surface area contributed by atoms with E-state index in [2.05, 4.69) is 22.3 Å². The second-order valence-electron chi connectivity index (χ2n) is 5.03. The zero-order chi connectivity index (χ0) is 14.5. The average Bonchev–Trinajstić information content (AvgIpc) is 2.37. The maximum absolute atomic E-state index is 13.7. The highest BCUT2D eigenvalue weighted by molar-refractivity contribution is 6.30. The fourth-order valence-corrected chi connectivity index (χ4v) is 2.17. The van der Waals surface area contributed by atoms with E-state index in [0.717, 1.165) is 12.2 Å². The van der Waals surface area contributed by atoms with Gasteiger partial charge in [0.2, 0.25) is 0 Å². The Morgan fingerprint density at radius 3 is 2.65 bits per heavy atom. The van der Waals surface area contributed by atoms with Crippen molar-refractivity contribution in [1.29, 1.82) is 0 Å². The highest BCUT2D eigenvalue weighted by Gasteiger charge is 2.03. The van der Waals surface area contributed by atoms with E-state index in [9.17, 15) is 4.39 Å². The van der Waals surface area contributed by atoms with Crippen molar-refractivity contribution in [2.24, 2.45) is 0 Å². The van der Waals surface area contributed by atoms with E-state index in [1.165, 1.54) is 11.6 Å². The monoisotopic (exact) mass is 292 g/mol. The molecule has 0 radical (unpaired) electrons. The number of nitrogens with one attached hydrogen (secondary N) is 1. The van der Waals surface area contributed by atoms with Crippen LogP contribution < -0.4 is 5.32 Å². The summed E-state index contributed by atoms with van der Waals surface area (Å²) >= 11 is 5.74. The molecule has 0 heterocycles. The van der Waals surface area contributed by atoms with Gasteiger partial charge in [0.25, 0.3) is 0 Å². The molecule has 0 fully saturated rings. The lowest BCUT2D eigenvalue weighted by atomic mass is 10.1. The Balaban J connectivity index is 2.03. The van der Waals surface area contributed by atoms with Gasteiger partial charge in [-0.1, -0.05) is 29.8 Å². The van der Waals surface area contributed by atoms with Crippen LogP contribution in [0.25, 0.3) is 0 Å². The zero-order valence-corrected chi connectivity index (χ0v) is 12.4. The number of rotatable bonds is 5. The Morgan fingerprint density at radius 2 is 1.95 bits per heavy atom. The van der Waals surface area contributed by atoms with Gasteiger partial charge in [-0.25, -0.2) is 4.39 Å². The van der Waals surface area contributed by atoms with Crippen LogP contribution in [-0.2, 0) is 13.1 Å². The van der Waals surface area contributed by atoms with E-state index in [1.807, 2.05) is 26.2 Å². The molecule has 20 heavy (non-hydrogen) atoms. The van der Waals surface area contributed by atoms with Crippen molar-refractivity contribution < 1.29 is 4.39 Å². The number of anilines is 1. The SMILES string of the molecule is CN(C)Cc1cccc(NCc2ccc(Cl)cc2F)c1. The van der Waals surface area contributed by atoms with Crippen LogP contribution in [0.5, 0.6) is 0 Å². The van der Waals surface area contributed by atoms with E-state index < -0.39 is 0 Å². The molecule has 0 atom stereocenters. The van der Waals surface area contributed by atoms with Crippen LogP contribution in [-0.4, -0.2) is 19.0 Å². The molecule has 2 rings (SSSR count). The summed E-state index contributed by atoms with van der Waals surface area (Å²) in [6, 6.07) is 12.9. The summed E-state index contributed by atoms with van der Waals surface area (Å²) < 4.78 is 13.7. The lowest BCUT2D eigenvalue weighted by Gasteiger charge is -2.12. The highest BCUT2D eigenvalue weighted by Crippen LogP contribution is 2.17. The first-order chi connectivity index (χ1) is 9.54. The minimum Gasteiger partial charge on any atom is -0.381 e. The molecule has 0 saturated carbocycles. The lowest BCUT2D eigenvalue weighted by molar-refractivity contribution is 0.402. The summed E-state index contributed by atoms with van der Waals surface area (Å²) in [6.07, 6.45) is 0. The molecule has 0 aliphatic heterocycles. The predicted octanol–water partition coefficient (Wildman–Crippen LogP) is 4.15. The molecule has 2 aromatic rings. The van der Waals surface area contributed by atoms with E-state index >= 15 is 0 Å². The van der Waals surface area contributed by atoms with E-state index in [4.69, 9.17) is 11.6 Å². The molecule has 0 bridgehead atoms. The normalized spacial score (nSPS) is 10.8. The highest BCUT2D eigenvalue weighted by atomic mass is 35.5. The summed E-state index contributed by atoms with van der Waals surface area (Å²) in [5, 5.41) is 3.65. The number of hydrogen-bond acceptors (Lipinski definition) is 2. The molecule has 0 aliphatic carbocycles. The van der Waals surface area contributed by atoms with Gasteiger partial charge in [-0.2, -0.15) is 0 Å². The second kappa shape index (κ2) is 6.73. The molecule has 2 nitrogen and oxygen atoms in total. The van der Waals surface area contributed by atoms with E-state index in [1.54, 1.807) is 12.1 Å². The van der Waals surface area contributed by atoms with Crippen molar-refractivity contribution in [3.8, 4) is 0 Å². The minimum absolute atomic E-state index is 0.283. The van der Waals surface area contributed by atoms with Gasteiger partial charge in [0.1, 0.15) is 5.82 Å². The van der Waals surface area contributed by atoms with Crippen molar-refractivity contribution in [2.75, 3.05) is 19.4 Å². The van der Waals surface area contributed by atoms with Gasteiger partial charge in [-0.15, -0.1) is 0 Å². The Morgan fingerprint density at radius 1 is 1.15 bits per heavy atom. The van der Waals surface area contributed by atoms with Crippen LogP contribution in [0.2, 0.25) is 5.02 Å². The van der Waals surface area contributed by atoms with Gasteiger partial charge in [0, 0.05) is 29.4 Å². The van der Waals surface area contributed by atoms with E-state index in [0.29, 0.717) is 17.1 Å². The van der Waals surface area contributed by atoms with Crippen molar-refractivity contribution in [1.82, 2.24) is 4.90 Å². The summed E-state index contributed by atoms with van der Waals surface area (Å²) in [5.74, 6) is -0.283. The number of benzene rings is 2. The molecule has 0 saturated heterocycles. The maximum Gasteiger partial charge on any atom is 0.129 e. The molecule has 4 heteroatoms. The Labute approximate surface area is 124 Å². The number of nitrogens with zero attached hydrogens (tertiary/aromatic N) is 1. The summed E-state index contributed by atoms with van der Waals surface area (Å²) in [5.41, 5.74) is 2.81. The van der Waals surface area contributed by atoms with E-state index in [-0.39, 0.29) is 5.82 Å². The van der Waals surface area contributed by atoms with Gasteiger partial charge in [-0.3, -0.25) is 0 Å². The fraction of sp³-hybridized carbons (Fsp3) is 0.250. The van der Waals surface area contributed by atoms with Crippen molar-refractivity contribution >= 4 is 17.3 Å². The molecule has 0 aromatic heterocycles. The molecule has 0 aliphatic rings. The van der Waals surface area contributed by atoms with Crippen LogP contribution in [0.3, 0.4) is 0 Å². The fourth-order valence-electron chi connectivity index (χ4n) is 2.01. The zero-order valence-electron chi connectivity index (χ0n) is 11.7. The van der Waals surface area contributed by atoms with Crippen LogP contribution >= 0.6 is 11.6 Å². The van der Waals surface area contributed by atoms with Gasteiger partial charge in [-0.05, 0) is 43.9 Å². The van der Waals surface area contributed by atoms with Gasteiger partial charge in [0.15, 0.2) is 0 Å². The molecule has 106 valence electrons. The molecule has 0 spiro atoms. The topological polar surface area (TPSA) is 15.3 Å². The Hall–Kier alpha value is -1.58. The minimum atomic E-state index is -0.283. The first-order valence-corrected chi connectivity index (χ1v) is 6.84. The third-order valence-electron chi connectivity index (χ3n) is 2.92. The Bertz CT molecular complexity index is 584. The predicted molar refractivity (Wildman–Crippen MR) is 82.6 cm³/mol. The third-order valence-corrected chi connectivity index (χ3v) is 3.16.